The Labute approximate surface area is 248 Å². The van der Waals surface area contributed by atoms with Crippen molar-refractivity contribution in [2.45, 2.75) is 0 Å². The van der Waals surface area contributed by atoms with Gasteiger partial charge in [0, 0.05) is 22.3 Å². The highest BCUT2D eigenvalue weighted by molar-refractivity contribution is 5.95. The van der Waals surface area contributed by atoms with Crippen LogP contribution in [-0.2, 0) is 0 Å². The minimum absolute atomic E-state index is 0.601. The van der Waals surface area contributed by atoms with Crippen LogP contribution in [-0.4, -0.2) is 19.9 Å². The molecular weight excluding hydrogens is 528 g/mol. The summed E-state index contributed by atoms with van der Waals surface area (Å²) in [7, 11) is 0. The van der Waals surface area contributed by atoms with Crippen LogP contribution >= 0.6 is 0 Å². The number of hydrogen-bond donors (Lipinski definition) is 0. The van der Waals surface area contributed by atoms with Gasteiger partial charge in [-0.1, -0.05) is 109 Å². The molecular formula is C38H24N4O. The second-order valence-corrected chi connectivity index (χ2v) is 10.3. The van der Waals surface area contributed by atoms with E-state index in [2.05, 4.69) is 65.6 Å². The Morgan fingerprint density at radius 3 is 1.51 bits per heavy atom. The molecule has 0 unspecified atom stereocenters. The molecule has 202 valence electrons. The molecule has 5 heteroatoms. The molecule has 2 aromatic heterocycles. The standard InChI is InChI=1S/C38H24N4O/c1-3-11-26(12-4-1)35-40-36(27-13-5-2-6-14-27)42-37(41-35)32-24-30-16-8-7-15-29(30)23-31(32)25-19-21-28(22-20-25)38-39-33-17-9-10-18-34(33)43-38/h1-24H. The molecule has 0 aliphatic carbocycles. The van der Waals surface area contributed by atoms with Crippen LogP contribution in [0.4, 0.5) is 0 Å². The lowest BCUT2D eigenvalue weighted by Crippen LogP contribution is -2.01. The van der Waals surface area contributed by atoms with Crippen LogP contribution in [0.15, 0.2) is 150 Å². The van der Waals surface area contributed by atoms with Crippen molar-refractivity contribution in [3.63, 3.8) is 0 Å². The van der Waals surface area contributed by atoms with E-state index in [9.17, 15) is 0 Å². The van der Waals surface area contributed by atoms with Gasteiger partial charge in [-0.3, -0.25) is 0 Å². The van der Waals surface area contributed by atoms with Gasteiger partial charge in [0.05, 0.1) is 0 Å². The first kappa shape index (κ1) is 24.8. The quantitative estimate of drug-likeness (QED) is 0.213. The molecule has 0 radical (unpaired) electrons. The molecule has 43 heavy (non-hydrogen) atoms. The van der Waals surface area contributed by atoms with Gasteiger partial charge in [0.15, 0.2) is 23.1 Å². The zero-order valence-corrected chi connectivity index (χ0v) is 23.1. The van der Waals surface area contributed by atoms with Crippen LogP contribution in [0.2, 0.25) is 0 Å². The molecule has 0 aliphatic rings. The van der Waals surface area contributed by atoms with Crippen molar-refractivity contribution in [3.05, 3.63) is 146 Å². The van der Waals surface area contributed by atoms with Crippen molar-refractivity contribution < 1.29 is 4.42 Å². The molecule has 0 atom stereocenters. The first-order valence-corrected chi connectivity index (χ1v) is 14.1. The third kappa shape index (κ3) is 4.73. The molecule has 0 saturated heterocycles. The summed E-state index contributed by atoms with van der Waals surface area (Å²) in [5, 5.41) is 2.26. The highest BCUT2D eigenvalue weighted by Crippen LogP contribution is 2.37. The summed E-state index contributed by atoms with van der Waals surface area (Å²) in [6, 6.07) is 49.0. The SMILES string of the molecule is c1ccc(-c2nc(-c3ccccc3)nc(-c3cc4ccccc4cc3-c3ccc(-c4nc5ccccc5o4)cc3)n2)cc1. The highest BCUT2D eigenvalue weighted by atomic mass is 16.3. The van der Waals surface area contributed by atoms with Crippen molar-refractivity contribution in [1.29, 1.82) is 0 Å². The largest absolute Gasteiger partial charge is 0.436 e. The smallest absolute Gasteiger partial charge is 0.227 e. The van der Waals surface area contributed by atoms with Gasteiger partial charge in [0.1, 0.15) is 5.52 Å². The van der Waals surface area contributed by atoms with E-state index in [-0.39, 0.29) is 0 Å². The fraction of sp³-hybridized carbons (Fsp3) is 0. The average Bonchev–Trinajstić information content (AvgIpc) is 3.53. The molecule has 0 saturated carbocycles. The van der Waals surface area contributed by atoms with Gasteiger partial charge in [-0.25, -0.2) is 19.9 Å². The van der Waals surface area contributed by atoms with Crippen LogP contribution < -0.4 is 0 Å². The number of para-hydroxylation sites is 2. The molecule has 8 rings (SSSR count). The minimum atomic E-state index is 0.601. The van der Waals surface area contributed by atoms with Crippen LogP contribution in [0.3, 0.4) is 0 Å². The number of nitrogens with zero attached hydrogens (tertiary/aromatic N) is 4. The van der Waals surface area contributed by atoms with E-state index in [1.807, 2.05) is 84.9 Å². The van der Waals surface area contributed by atoms with Gasteiger partial charge in [0.2, 0.25) is 5.89 Å². The van der Waals surface area contributed by atoms with E-state index in [1.165, 1.54) is 0 Å². The summed E-state index contributed by atoms with van der Waals surface area (Å²) < 4.78 is 6.02. The number of oxazole rings is 1. The maximum Gasteiger partial charge on any atom is 0.227 e. The molecule has 0 amide bonds. The van der Waals surface area contributed by atoms with Crippen molar-refractivity contribution in [2.75, 3.05) is 0 Å². The third-order valence-electron chi connectivity index (χ3n) is 7.56. The van der Waals surface area contributed by atoms with Crippen molar-refractivity contribution in [3.8, 4) is 56.7 Å². The monoisotopic (exact) mass is 552 g/mol. The molecule has 0 aliphatic heterocycles. The Bertz CT molecular complexity index is 2130. The molecule has 8 aromatic rings. The summed E-state index contributed by atoms with van der Waals surface area (Å²) in [6.45, 7) is 0. The van der Waals surface area contributed by atoms with E-state index in [4.69, 9.17) is 19.4 Å². The highest BCUT2D eigenvalue weighted by Gasteiger charge is 2.17. The Morgan fingerprint density at radius 1 is 0.372 bits per heavy atom. The second kappa shape index (κ2) is 10.5. The molecule has 0 fully saturated rings. The second-order valence-electron chi connectivity index (χ2n) is 10.3. The molecule has 6 aromatic carbocycles. The van der Waals surface area contributed by atoms with Gasteiger partial charge >= 0.3 is 0 Å². The lowest BCUT2D eigenvalue weighted by atomic mass is 9.94. The zero-order valence-electron chi connectivity index (χ0n) is 23.1. The number of benzene rings is 6. The topological polar surface area (TPSA) is 64.7 Å². The molecule has 0 bridgehead atoms. The predicted octanol–water partition coefficient (Wildman–Crippen LogP) is 9.50. The third-order valence-corrected chi connectivity index (χ3v) is 7.56. The lowest BCUT2D eigenvalue weighted by Gasteiger charge is -2.14. The Hall–Kier alpha value is -5.94. The summed E-state index contributed by atoms with van der Waals surface area (Å²) in [5.41, 5.74) is 7.43. The Balaban J connectivity index is 1.31. The molecule has 0 spiro atoms. The fourth-order valence-corrected chi connectivity index (χ4v) is 5.38. The first-order chi connectivity index (χ1) is 21.3. The van der Waals surface area contributed by atoms with Gasteiger partial charge in [0.25, 0.3) is 0 Å². The number of fused-ring (bicyclic) bond motifs is 2. The molecule has 2 heterocycles. The maximum absolute atomic E-state index is 6.02. The average molecular weight is 553 g/mol. The van der Waals surface area contributed by atoms with Gasteiger partial charge < -0.3 is 4.42 Å². The minimum Gasteiger partial charge on any atom is -0.436 e. The van der Waals surface area contributed by atoms with Crippen molar-refractivity contribution >= 4 is 21.9 Å². The van der Waals surface area contributed by atoms with Crippen LogP contribution in [0.25, 0.3) is 78.6 Å². The van der Waals surface area contributed by atoms with Crippen molar-refractivity contribution in [1.82, 2.24) is 19.9 Å². The van der Waals surface area contributed by atoms with Crippen LogP contribution in [0.5, 0.6) is 0 Å². The van der Waals surface area contributed by atoms with Crippen LogP contribution in [0, 0.1) is 0 Å². The number of hydrogen-bond acceptors (Lipinski definition) is 5. The van der Waals surface area contributed by atoms with Gasteiger partial charge in [-0.15, -0.1) is 0 Å². The van der Waals surface area contributed by atoms with E-state index >= 15 is 0 Å². The fourth-order valence-electron chi connectivity index (χ4n) is 5.38. The summed E-state index contributed by atoms with van der Waals surface area (Å²) in [5.74, 6) is 2.49. The van der Waals surface area contributed by atoms with E-state index in [0.717, 1.165) is 55.3 Å². The predicted molar refractivity (Wildman–Crippen MR) is 172 cm³/mol. The van der Waals surface area contributed by atoms with E-state index < -0.39 is 0 Å². The Kier molecular flexibility index (Phi) is 6.05. The normalized spacial score (nSPS) is 11.3. The van der Waals surface area contributed by atoms with Gasteiger partial charge in [-0.2, -0.15) is 0 Å². The van der Waals surface area contributed by atoms with Crippen molar-refractivity contribution in [2.24, 2.45) is 0 Å². The lowest BCUT2D eigenvalue weighted by molar-refractivity contribution is 0.620. The first-order valence-electron chi connectivity index (χ1n) is 14.1. The summed E-state index contributed by atoms with van der Waals surface area (Å²) in [4.78, 5) is 19.6. The summed E-state index contributed by atoms with van der Waals surface area (Å²) in [6.07, 6.45) is 0. The molecule has 0 N–H and O–H groups in total. The number of aromatic nitrogens is 4. The number of rotatable bonds is 5. The van der Waals surface area contributed by atoms with E-state index in [1.54, 1.807) is 0 Å². The Morgan fingerprint density at radius 2 is 0.884 bits per heavy atom. The zero-order chi connectivity index (χ0) is 28.6. The van der Waals surface area contributed by atoms with Gasteiger partial charge in [-0.05, 0) is 58.3 Å². The molecule has 5 nitrogen and oxygen atoms in total. The van der Waals surface area contributed by atoms with Crippen LogP contribution in [0.1, 0.15) is 0 Å². The summed E-state index contributed by atoms with van der Waals surface area (Å²) >= 11 is 0. The van der Waals surface area contributed by atoms with E-state index in [0.29, 0.717) is 23.4 Å². The maximum atomic E-state index is 6.02.